The highest BCUT2D eigenvalue weighted by molar-refractivity contribution is 8.13. The molecule has 1 amide bonds. The van der Waals surface area contributed by atoms with Gasteiger partial charge >= 0.3 is 0 Å². The van der Waals surface area contributed by atoms with Gasteiger partial charge in [0.1, 0.15) is 5.70 Å². The molecule has 1 N–H and O–H groups in total. The molecule has 7 heteroatoms. The van der Waals surface area contributed by atoms with E-state index in [-0.39, 0.29) is 12.1 Å². The summed E-state index contributed by atoms with van der Waals surface area (Å²) in [6.07, 6.45) is 1.62. The third kappa shape index (κ3) is 2.32. The molecule has 3 heterocycles. The molecule has 2 aromatic rings. The van der Waals surface area contributed by atoms with Crippen molar-refractivity contribution in [3.63, 3.8) is 0 Å². The highest BCUT2D eigenvalue weighted by Crippen LogP contribution is 2.30. The molecule has 2 aliphatic heterocycles. The molecule has 0 radical (unpaired) electrons. The number of hydrogen-bond donors (Lipinski definition) is 1. The summed E-state index contributed by atoms with van der Waals surface area (Å²) in [4.78, 5) is 17.6. The third-order valence-electron chi connectivity index (χ3n) is 4.04. The van der Waals surface area contributed by atoms with Crippen LogP contribution in [-0.2, 0) is 11.8 Å². The van der Waals surface area contributed by atoms with E-state index in [1.807, 2.05) is 61.1 Å². The van der Waals surface area contributed by atoms with Crippen LogP contribution in [0, 0.1) is 0 Å². The second kappa shape index (κ2) is 5.83. The normalized spacial score (nSPS) is 19.2. The fourth-order valence-electron chi connectivity index (χ4n) is 2.96. The molecule has 122 valence electrons. The molecule has 0 saturated carbocycles. The number of fused-ring (bicyclic) bond motifs is 2. The van der Waals surface area contributed by atoms with E-state index in [1.54, 1.807) is 5.01 Å². The van der Waals surface area contributed by atoms with E-state index in [4.69, 9.17) is 4.99 Å². The van der Waals surface area contributed by atoms with Crippen molar-refractivity contribution in [1.82, 2.24) is 14.9 Å². The van der Waals surface area contributed by atoms with Crippen LogP contribution in [0.3, 0.4) is 0 Å². The lowest BCUT2D eigenvalue weighted by Gasteiger charge is -2.34. The number of carbonyl (C=O) groups is 1. The molecule has 6 nitrogen and oxygen atoms in total. The van der Waals surface area contributed by atoms with Gasteiger partial charge in [0.25, 0.3) is 5.91 Å². The van der Waals surface area contributed by atoms with Crippen LogP contribution in [0.15, 0.2) is 52.7 Å². The second-order valence-corrected chi connectivity index (χ2v) is 6.80. The van der Waals surface area contributed by atoms with Gasteiger partial charge < -0.3 is 4.57 Å². The largest absolute Gasteiger partial charge is 0.351 e. The highest BCUT2D eigenvalue weighted by Gasteiger charge is 2.35. The van der Waals surface area contributed by atoms with Gasteiger partial charge in [-0.1, -0.05) is 36.9 Å². The van der Waals surface area contributed by atoms with Gasteiger partial charge in [-0.15, -0.1) is 5.10 Å². The molecule has 0 fully saturated rings. The van der Waals surface area contributed by atoms with E-state index in [9.17, 15) is 4.79 Å². The summed E-state index contributed by atoms with van der Waals surface area (Å²) in [5, 5.41) is 11.5. The summed E-state index contributed by atoms with van der Waals surface area (Å²) in [6, 6.07) is 11.7. The van der Waals surface area contributed by atoms with Crippen molar-refractivity contribution < 1.29 is 4.79 Å². The molecule has 4 rings (SSSR count). The fourth-order valence-corrected chi connectivity index (χ4v) is 3.55. The number of thioether (sulfide) groups is 1. The number of nitrogens with zero attached hydrogens (tertiary/aromatic N) is 4. The highest BCUT2D eigenvalue weighted by atomic mass is 32.2. The maximum Gasteiger partial charge on any atom is 0.276 e. The van der Waals surface area contributed by atoms with Crippen molar-refractivity contribution in [2.45, 2.75) is 13.1 Å². The zero-order valence-corrected chi connectivity index (χ0v) is 14.2. The molecule has 1 unspecified atom stereocenters. The SMILES string of the molecule is CCSC1=NN2C(=c3ccccc3=NC2c2cccn2C)C(=O)N1. The predicted molar refractivity (Wildman–Crippen MR) is 94.3 cm³/mol. The number of rotatable bonds is 2. The van der Waals surface area contributed by atoms with Crippen LogP contribution in [0.1, 0.15) is 18.8 Å². The van der Waals surface area contributed by atoms with Gasteiger partial charge in [-0.2, -0.15) is 0 Å². The Morgan fingerprint density at radius 1 is 1.25 bits per heavy atom. The maximum absolute atomic E-state index is 12.7. The molecule has 0 bridgehead atoms. The maximum atomic E-state index is 12.7. The van der Waals surface area contributed by atoms with Crippen LogP contribution in [0.5, 0.6) is 0 Å². The van der Waals surface area contributed by atoms with E-state index in [0.717, 1.165) is 22.0 Å². The minimum absolute atomic E-state index is 0.137. The number of amides is 1. The Labute approximate surface area is 143 Å². The van der Waals surface area contributed by atoms with Crippen LogP contribution >= 0.6 is 11.8 Å². The molecule has 1 atom stereocenters. The topological polar surface area (TPSA) is 62.0 Å². The minimum atomic E-state index is -0.353. The van der Waals surface area contributed by atoms with Crippen LogP contribution in [0.25, 0.3) is 5.70 Å². The van der Waals surface area contributed by atoms with E-state index in [2.05, 4.69) is 10.4 Å². The Bertz CT molecular complexity index is 961. The molecule has 0 aliphatic carbocycles. The first kappa shape index (κ1) is 15.0. The first-order valence-corrected chi connectivity index (χ1v) is 8.78. The lowest BCUT2D eigenvalue weighted by atomic mass is 10.1. The number of amidine groups is 1. The summed E-state index contributed by atoms with van der Waals surface area (Å²) in [5.74, 6) is 0.702. The zero-order valence-electron chi connectivity index (χ0n) is 13.4. The fraction of sp³-hybridized carbons (Fsp3) is 0.235. The molecule has 1 aromatic heterocycles. The van der Waals surface area contributed by atoms with Gasteiger partial charge in [0.2, 0.25) is 0 Å². The standard InChI is InChI=1S/C17H17N5OS/c1-3-24-17-19-16(23)14-11-7-4-5-8-12(11)18-15(22(14)20-17)13-9-6-10-21(13)2/h4-10,15H,3H2,1-2H3,(H,19,20,23). The van der Waals surface area contributed by atoms with Crippen LogP contribution < -0.4 is 15.9 Å². The first-order valence-electron chi connectivity index (χ1n) is 7.79. The Morgan fingerprint density at radius 3 is 2.83 bits per heavy atom. The van der Waals surface area contributed by atoms with Gasteiger partial charge in [-0.3, -0.25) is 15.1 Å². The Morgan fingerprint density at radius 2 is 2.08 bits per heavy atom. The monoisotopic (exact) mass is 339 g/mol. The third-order valence-corrected chi connectivity index (χ3v) is 4.79. The van der Waals surface area contributed by atoms with Gasteiger partial charge in [0.05, 0.1) is 11.1 Å². The number of carbonyl (C=O) groups excluding carboxylic acids is 1. The minimum Gasteiger partial charge on any atom is -0.351 e. The smallest absolute Gasteiger partial charge is 0.276 e. The lowest BCUT2D eigenvalue weighted by Crippen LogP contribution is -2.50. The van der Waals surface area contributed by atoms with Crippen LogP contribution in [0.4, 0.5) is 0 Å². The number of aryl methyl sites for hydroxylation is 1. The Kier molecular flexibility index (Phi) is 3.65. The number of nitrogens with one attached hydrogen (secondary N) is 1. The summed E-state index contributed by atoms with van der Waals surface area (Å²) in [5.41, 5.74) is 1.54. The summed E-state index contributed by atoms with van der Waals surface area (Å²) < 4.78 is 2.01. The average Bonchev–Trinajstić information content (AvgIpc) is 3.00. The number of benzene rings is 1. The second-order valence-electron chi connectivity index (χ2n) is 5.55. The number of hydrazone groups is 1. The van der Waals surface area contributed by atoms with Crippen LogP contribution in [0.2, 0.25) is 0 Å². The van der Waals surface area contributed by atoms with Gasteiger partial charge in [-0.25, -0.2) is 5.01 Å². The van der Waals surface area contributed by atoms with Crippen molar-refractivity contribution in [3.05, 3.63) is 58.9 Å². The van der Waals surface area contributed by atoms with Crippen molar-refractivity contribution in [3.8, 4) is 0 Å². The molecule has 2 aliphatic rings. The predicted octanol–water partition coefficient (Wildman–Crippen LogP) is 0.921. The number of aromatic nitrogens is 1. The van der Waals surface area contributed by atoms with E-state index < -0.39 is 0 Å². The van der Waals surface area contributed by atoms with Crippen molar-refractivity contribution in [1.29, 1.82) is 0 Å². The van der Waals surface area contributed by atoms with Crippen molar-refractivity contribution >= 4 is 28.5 Å². The van der Waals surface area contributed by atoms with E-state index in [0.29, 0.717) is 10.9 Å². The molecule has 24 heavy (non-hydrogen) atoms. The molecule has 0 saturated heterocycles. The van der Waals surface area contributed by atoms with E-state index in [1.165, 1.54) is 11.8 Å². The van der Waals surface area contributed by atoms with Crippen LogP contribution in [-0.4, -0.2) is 26.4 Å². The summed E-state index contributed by atoms with van der Waals surface area (Å²) >= 11 is 1.51. The van der Waals surface area contributed by atoms with Gasteiger partial charge in [0, 0.05) is 18.5 Å². The van der Waals surface area contributed by atoms with Crippen molar-refractivity contribution in [2.24, 2.45) is 17.1 Å². The zero-order chi connectivity index (χ0) is 16.7. The average molecular weight is 339 g/mol. The molecule has 0 spiro atoms. The lowest BCUT2D eigenvalue weighted by molar-refractivity contribution is -0.116. The molecule has 1 aromatic carbocycles. The number of hydrogen-bond acceptors (Lipinski definition) is 5. The van der Waals surface area contributed by atoms with Gasteiger partial charge in [-0.05, 0) is 24.0 Å². The Hall–Kier alpha value is -2.54. The quantitative estimate of drug-likeness (QED) is 0.885. The molecular weight excluding hydrogens is 322 g/mol. The Balaban J connectivity index is 1.97. The first-order chi connectivity index (χ1) is 11.7. The summed E-state index contributed by atoms with van der Waals surface area (Å²) in [7, 11) is 1.97. The summed E-state index contributed by atoms with van der Waals surface area (Å²) in [6.45, 7) is 2.03. The van der Waals surface area contributed by atoms with E-state index >= 15 is 0 Å². The van der Waals surface area contributed by atoms with Crippen molar-refractivity contribution in [2.75, 3.05) is 5.75 Å². The van der Waals surface area contributed by atoms with Gasteiger partial charge in [0.15, 0.2) is 11.3 Å². The number of para-hydroxylation sites is 1. The molecular formula is C17H17N5OS.